The molecule has 0 aliphatic carbocycles. The standard InChI is InChI=1S/C10H17NO2S/c12-9-5-6-10(13)11(9)7-3-1-2-4-8-14/h14H,1-8H2. The highest BCUT2D eigenvalue weighted by molar-refractivity contribution is 7.80. The average Bonchev–Trinajstić information content (AvgIpc) is 2.48. The zero-order valence-electron chi connectivity index (χ0n) is 8.37. The molecule has 3 nitrogen and oxygen atoms in total. The lowest BCUT2D eigenvalue weighted by Crippen LogP contribution is -2.29. The summed E-state index contributed by atoms with van der Waals surface area (Å²) in [7, 11) is 0. The molecule has 0 atom stereocenters. The lowest BCUT2D eigenvalue weighted by atomic mass is 10.2. The monoisotopic (exact) mass is 215 g/mol. The van der Waals surface area contributed by atoms with Crippen LogP contribution in [0.3, 0.4) is 0 Å². The van der Waals surface area contributed by atoms with Crippen LogP contribution in [0.25, 0.3) is 0 Å². The number of hydrogen-bond acceptors (Lipinski definition) is 3. The molecule has 80 valence electrons. The van der Waals surface area contributed by atoms with Gasteiger partial charge in [0.05, 0.1) is 0 Å². The first-order valence-corrected chi connectivity index (χ1v) is 5.83. The minimum atomic E-state index is 0.00388. The molecule has 0 N–H and O–H groups in total. The van der Waals surface area contributed by atoms with Crippen LogP contribution in [0.2, 0.25) is 0 Å². The smallest absolute Gasteiger partial charge is 0.229 e. The Balaban J connectivity index is 2.11. The molecular formula is C10H17NO2S. The first kappa shape index (κ1) is 11.6. The maximum Gasteiger partial charge on any atom is 0.229 e. The SMILES string of the molecule is O=C1CCC(=O)N1CCCCCCS. The van der Waals surface area contributed by atoms with E-state index in [2.05, 4.69) is 12.6 Å². The van der Waals surface area contributed by atoms with Crippen LogP contribution >= 0.6 is 12.6 Å². The van der Waals surface area contributed by atoms with Gasteiger partial charge in [0.15, 0.2) is 0 Å². The molecule has 0 unspecified atom stereocenters. The number of thiol groups is 1. The van der Waals surface area contributed by atoms with E-state index < -0.39 is 0 Å². The third-order valence-electron chi connectivity index (χ3n) is 2.44. The van der Waals surface area contributed by atoms with E-state index in [4.69, 9.17) is 0 Å². The van der Waals surface area contributed by atoms with E-state index >= 15 is 0 Å². The molecular weight excluding hydrogens is 198 g/mol. The minimum Gasteiger partial charge on any atom is -0.283 e. The largest absolute Gasteiger partial charge is 0.283 e. The van der Waals surface area contributed by atoms with Crippen LogP contribution in [0.5, 0.6) is 0 Å². The minimum absolute atomic E-state index is 0.00388. The number of rotatable bonds is 6. The van der Waals surface area contributed by atoms with Gasteiger partial charge in [-0.2, -0.15) is 12.6 Å². The molecule has 1 aliphatic heterocycles. The van der Waals surface area contributed by atoms with Gasteiger partial charge in [0.1, 0.15) is 0 Å². The third kappa shape index (κ3) is 3.33. The fourth-order valence-electron chi connectivity index (χ4n) is 1.61. The highest BCUT2D eigenvalue weighted by Gasteiger charge is 2.27. The molecule has 0 bridgehead atoms. The van der Waals surface area contributed by atoms with Crippen LogP contribution in [0, 0.1) is 0 Å². The highest BCUT2D eigenvalue weighted by Crippen LogP contribution is 2.13. The molecule has 1 heterocycles. The second-order valence-corrected chi connectivity index (χ2v) is 4.02. The molecule has 0 aromatic carbocycles. The summed E-state index contributed by atoms with van der Waals surface area (Å²) in [5.74, 6) is 0.926. The van der Waals surface area contributed by atoms with E-state index in [0.29, 0.717) is 19.4 Å². The van der Waals surface area contributed by atoms with Crippen molar-refractivity contribution >= 4 is 24.4 Å². The molecule has 14 heavy (non-hydrogen) atoms. The van der Waals surface area contributed by atoms with Gasteiger partial charge in [-0.15, -0.1) is 0 Å². The summed E-state index contributed by atoms with van der Waals surface area (Å²) < 4.78 is 0. The number of carbonyl (C=O) groups excluding carboxylic acids is 2. The molecule has 1 saturated heterocycles. The van der Waals surface area contributed by atoms with Crippen LogP contribution in [0.4, 0.5) is 0 Å². The molecule has 4 heteroatoms. The van der Waals surface area contributed by atoms with Crippen molar-refractivity contribution in [2.24, 2.45) is 0 Å². The van der Waals surface area contributed by atoms with Gasteiger partial charge in [0, 0.05) is 19.4 Å². The Hall–Kier alpha value is -0.510. The number of nitrogens with zero attached hydrogens (tertiary/aromatic N) is 1. The van der Waals surface area contributed by atoms with Gasteiger partial charge in [-0.05, 0) is 18.6 Å². The average molecular weight is 215 g/mol. The predicted molar refractivity (Wildman–Crippen MR) is 58.3 cm³/mol. The van der Waals surface area contributed by atoms with Crippen molar-refractivity contribution in [1.29, 1.82) is 0 Å². The summed E-state index contributed by atoms with van der Waals surface area (Å²) in [5, 5.41) is 0. The molecule has 0 radical (unpaired) electrons. The summed E-state index contributed by atoms with van der Waals surface area (Å²) in [4.78, 5) is 23.8. The molecule has 1 fully saturated rings. The van der Waals surface area contributed by atoms with Crippen molar-refractivity contribution < 1.29 is 9.59 Å². The van der Waals surface area contributed by atoms with Crippen LogP contribution in [0.15, 0.2) is 0 Å². The molecule has 0 spiro atoms. The fraction of sp³-hybridized carbons (Fsp3) is 0.800. The van der Waals surface area contributed by atoms with E-state index in [1.807, 2.05) is 0 Å². The number of hydrogen-bond donors (Lipinski definition) is 1. The maximum atomic E-state index is 11.2. The zero-order valence-corrected chi connectivity index (χ0v) is 9.26. The van der Waals surface area contributed by atoms with E-state index in [0.717, 1.165) is 31.4 Å². The van der Waals surface area contributed by atoms with Gasteiger partial charge in [0.2, 0.25) is 11.8 Å². The second kappa shape index (κ2) is 6.06. The van der Waals surface area contributed by atoms with Crippen molar-refractivity contribution in [3.63, 3.8) is 0 Å². The van der Waals surface area contributed by atoms with Gasteiger partial charge in [0.25, 0.3) is 0 Å². The Morgan fingerprint density at radius 2 is 1.57 bits per heavy atom. The quantitative estimate of drug-likeness (QED) is 0.415. The van der Waals surface area contributed by atoms with Crippen molar-refractivity contribution in [2.75, 3.05) is 12.3 Å². The second-order valence-electron chi connectivity index (χ2n) is 3.58. The number of amides is 2. The van der Waals surface area contributed by atoms with Crippen LogP contribution in [0.1, 0.15) is 38.5 Å². The normalized spacial score (nSPS) is 16.8. The van der Waals surface area contributed by atoms with E-state index in [1.54, 1.807) is 0 Å². The van der Waals surface area contributed by atoms with Gasteiger partial charge in [-0.25, -0.2) is 0 Å². The third-order valence-corrected chi connectivity index (χ3v) is 2.76. The molecule has 2 amide bonds. The number of imide groups is 1. The molecule has 1 rings (SSSR count). The summed E-state index contributed by atoms with van der Waals surface area (Å²) >= 11 is 4.12. The summed E-state index contributed by atoms with van der Waals surface area (Å²) in [5.41, 5.74) is 0. The Morgan fingerprint density at radius 3 is 2.14 bits per heavy atom. The first-order chi connectivity index (χ1) is 6.75. The van der Waals surface area contributed by atoms with E-state index in [-0.39, 0.29) is 11.8 Å². The lowest BCUT2D eigenvalue weighted by Gasteiger charge is -2.12. The van der Waals surface area contributed by atoms with Crippen LogP contribution in [-0.2, 0) is 9.59 Å². The van der Waals surface area contributed by atoms with E-state index in [9.17, 15) is 9.59 Å². The van der Waals surface area contributed by atoms with Crippen molar-refractivity contribution in [1.82, 2.24) is 4.90 Å². The maximum absolute atomic E-state index is 11.2. The van der Waals surface area contributed by atoms with Gasteiger partial charge < -0.3 is 0 Å². The summed E-state index contributed by atoms with van der Waals surface area (Å²) in [6, 6.07) is 0. The highest BCUT2D eigenvalue weighted by atomic mass is 32.1. The Kier molecular flexibility index (Phi) is 5.01. The summed E-state index contributed by atoms with van der Waals surface area (Å²) in [6.07, 6.45) is 5.10. The topological polar surface area (TPSA) is 37.4 Å². The molecule has 0 aromatic rings. The molecule has 0 saturated carbocycles. The Morgan fingerprint density at radius 1 is 1.00 bits per heavy atom. The molecule has 0 aromatic heterocycles. The molecule has 1 aliphatic rings. The van der Waals surface area contributed by atoms with Gasteiger partial charge in [-0.1, -0.05) is 12.8 Å². The van der Waals surface area contributed by atoms with Gasteiger partial charge >= 0.3 is 0 Å². The predicted octanol–water partition coefficient (Wildman–Crippen LogP) is 1.63. The Bertz CT molecular complexity index is 202. The van der Waals surface area contributed by atoms with Crippen molar-refractivity contribution in [2.45, 2.75) is 38.5 Å². The first-order valence-electron chi connectivity index (χ1n) is 5.20. The zero-order chi connectivity index (χ0) is 10.4. The summed E-state index contributed by atoms with van der Waals surface area (Å²) in [6.45, 7) is 0.615. The van der Waals surface area contributed by atoms with Crippen molar-refractivity contribution in [3.05, 3.63) is 0 Å². The van der Waals surface area contributed by atoms with E-state index in [1.165, 1.54) is 4.90 Å². The number of carbonyl (C=O) groups is 2. The Labute approximate surface area is 90.3 Å². The fourth-order valence-corrected chi connectivity index (χ4v) is 1.83. The van der Waals surface area contributed by atoms with Gasteiger partial charge in [-0.3, -0.25) is 14.5 Å². The van der Waals surface area contributed by atoms with Crippen LogP contribution < -0.4 is 0 Å². The van der Waals surface area contributed by atoms with Crippen molar-refractivity contribution in [3.8, 4) is 0 Å². The number of unbranched alkanes of at least 4 members (excludes halogenated alkanes) is 3. The lowest BCUT2D eigenvalue weighted by molar-refractivity contribution is -0.138. The number of likely N-dealkylation sites (tertiary alicyclic amines) is 1. The van der Waals surface area contributed by atoms with Crippen LogP contribution in [-0.4, -0.2) is 29.0 Å².